The fourth-order valence-electron chi connectivity index (χ4n) is 3.86. The monoisotopic (exact) mass is 497 g/mol. The molecule has 0 bridgehead atoms. The Morgan fingerprint density at radius 2 is 1.71 bits per heavy atom. The number of carbonyl (C=O) groups is 1. The standard InChI is InChI=1S/C26H32FN5O2S/c1-26(2,3)20-6-10-22(11-7-20)28-23(33)18-35-25-30-29-24(19-4-8-21(27)9-5-19)32(25)13-12-31-14-16-34-17-15-31/h4-11H,12-18H2,1-3H3,(H,28,33). The van der Waals surface area contributed by atoms with Crippen molar-refractivity contribution >= 4 is 23.4 Å². The van der Waals surface area contributed by atoms with E-state index in [1.807, 2.05) is 28.8 Å². The summed E-state index contributed by atoms with van der Waals surface area (Å²) < 4.78 is 20.9. The highest BCUT2D eigenvalue weighted by atomic mass is 32.2. The minimum atomic E-state index is -0.296. The number of rotatable bonds is 8. The summed E-state index contributed by atoms with van der Waals surface area (Å²) in [4.78, 5) is 15.0. The minimum absolute atomic E-state index is 0.0614. The number of halogens is 1. The molecule has 3 aromatic rings. The zero-order valence-electron chi connectivity index (χ0n) is 20.5. The SMILES string of the molecule is CC(C)(C)c1ccc(NC(=O)CSc2nnc(-c3ccc(F)cc3)n2CCN2CCOCC2)cc1. The van der Waals surface area contributed by atoms with Gasteiger partial charge in [-0.1, -0.05) is 44.7 Å². The summed E-state index contributed by atoms with van der Waals surface area (Å²) in [5.41, 5.74) is 2.83. The van der Waals surface area contributed by atoms with Gasteiger partial charge in [0.2, 0.25) is 5.91 Å². The first-order chi connectivity index (χ1) is 16.8. The highest BCUT2D eigenvalue weighted by molar-refractivity contribution is 7.99. The number of benzene rings is 2. The zero-order chi connectivity index (χ0) is 24.8. The van der Waals surface area contributed by atoms with Crippen LogP contribution in [-0.2, 0) is 21.5 Å². The van der Waals surface area contributed by atoms with E-state index < -0.39 is 0 Å². The van der Waals surface area contributed by atoms with Gasteiger partial charge in [-0.2, -0.15) is 0 Å². The molecule has 1 saturated heterocycles. The lowest BCUT2D eigenvalue weighted by atomic mass is 9.87. The van der Waals surface area contributed by atoms with Crippen LogP contribution in [0.25, 0.3) is 11.4 Å². The van der Waals surface area contributed by atoms with E-state index in [0.29, 0.717) is 17.5 Å². The van der Waals surface area contributed by atoms with Crippen LogP contribution < -0.4 is 5.32 Å². The van der Waals surface area contributed by atoms with Gasteiger partial charge < -0.3 is 14.6 Å². The van der Waals surface area contributed by atoms with Gasteiger partial charge in [0.05, 0.1) is 19.0 Å². The Hall–Kier alpha value is -2.75. The van der Waals surface area contributed by atoms with Crippen molar-refractivity contribution in [1.29, 1.82) is 0 Å². The van der Waals surface area contributed by atoms with Crippen LogP contribution >= 0.6 is 11.8 Å². The van der Waals surface area contributed by atoms with E-state index in [-0.39, 0.29) is 22.9 Å². The first-order valence-corrected chi connectivity index (χ1v) is 12.8. The van der Waals surface area contributed by atoms with Crippen LogP contribution in [0.4, 0.5) is 10.1 Å². The number of nitrogens with zero attached hydrogens (tertiary/aromatic N) is 4. The molecule has 0 saturated carbocycles. The van der Waals surface area contributed by atoms with Gasteiger partial charge >= 0.3 is 0 Å². The van der Waals surface area contributed by atoms with Crippen molar-refractivity contribution in [1.82, 2.24) is 19.7 Å². The smallest absolute Gasteiger partial charge is 0.234 e. The van der Waals surface area contributed by atoms with Crippen molar-refractivity contribution in [2.24, 2.45) is 0 Å². The van der Waals surface area contributed by atoms with Crippen molar-refractivity contribution in [3.05, 3.63) is 59.9 Å². The maximum absolute atomic E-state index is 13.5. The third kappa shape index (κ3) is 6.90. The summed E-state index contributed by atoms with van der Waals surface area (Å²) in [6.07, 6.45) is 0. The fourth-order valence-corrected chi connectivity index (χ4v) is 4.62. The molecule has 1 aliphatic rings. The third-order valence-electron chi connectivity index (χ3n) is 5.93. The molecule has 1 N–H and O–H groups in total. The Kier molecular flexibility index (Phi) is 8.20. The molecule has 1 fully saturated rings. The van der Waals surface area contributed by atoms with E-state index >= 15 is 0 Å². The molecule has 1 aromatic heterocycles. The van der Waals surface area contributed by atoms with Crippen LogP contribution in [0.15, 0.2) is 53.7 Å². The second-order valence-electron chi connectivity index (χ2n) is 9.58. The number of thioether (sulfide) groups is 1. The minimum Gasteiger partial charge on any atom is -0.379 e. The van der Waals surface area contributed by atoms with Crippen LogP contribution in [0.1, 0.15) is 26.3 Å². The van der Waals surface area contributed by atoms with Crippen LogP contribution in [-0.4, -0.2) is 64.2 Å². The van der Waals surface area contributed by atoms with E-state index in [0.717, 1.165) is 44.1 Å². The molecule has 0 aliphatic carbocycles. The maximum Gasteiger partial charge on any atom is 0.234 e. The molecule has 0 atom stereocenters. The number of carbonyl (C=O) groups excluding carboxylic acids is 1. The topological polar surface area (TPSA) is 72.3 Å². The largest absolute Gasteiger partial charge is 0.379 e. The van der Waals surface area contributed by atoms with Gasteiger partial charge in [0.1, 0.15) is 5.82 Å². The second-order valence-corrected chi connectivity index (χ2v) is 10.5. The van der Waals surface area contributed by atoms with E-state index in [2.05, 4.69) is 41.2 Å². The second kappa shape index (κ2) is 11.3. The van der Waals surface area contributed by atoms with Crippen molar-refractivity contribution in [2.75, 3.05) is 43.9 Å². The van der Waals surface area contributed by atoms with Gasteiger partial charge in [0.15, 0.2) is 11.0 Å². The van der Waals surface area contributed by atoms with Crippen molar-refractivity contribution in [3.63, 3.8) is 0 Å². The van der Waals surface area contributed by atoms with Crippen LogP contribution in [0.3, 0.4) is 0 Å². The highest BCUT2D eigenvalue weighted by Gasteiger charge is 2.18. The molecule has 7 nitrogen and oxygen atoms in total. The molecule has 0 radical (unpaired) electrons. The summed E-state index contributed by atoms with van der Waals surface area (Å²) >= 11 is 1.35. The average Bonchev–Trinajstić information content (AvgIpc) is 3.25. The molecule has 9 heteroatoms. The normalized spacial score (nSPS) is 14.7. The Balaban J connectivity index is 1.43. The molecule has 2 heterocycles. The number of nitrogens with one attached hydrogen (secondary N) is 1. The number of hydrogen-bond acceptors (Lipinski definition) is 6. The van der Waals surface area contributed by atoms with Crippen LogP contribution in [0, 0.1) is 5.82 Å². The average molecular weight is 498 g/mol. The Morgan fingerprint density at radius 3 is 2.37 bits per heavy atom. The lowest BCUT2D eigenvalue weighted by Gasteiger charge is -2.27. The summed E-state index contributed by atoms with van der Waals surface area (Å²) in [6.45, 7) is 11.2. The predicted octanol–water partition coefficient (Wildman–Crippen LogP) is 4.44. The number of hydrogen-bond donors (Lipinski definition) is 1. The van der Waals surface area contributed by atoms with Crippen molar-refractivity contribution in [3.8, 4) is 11.4 Å². The van der Waals surface area contributed by atoms with Gasteiger partial charge in [-0.05, 0) is 47.4 Å². The van der Waals surface area contributed by atoms with Gasteiger partial charge in [0.25, 0.3) is 0 Å². The molecule has 1 amide bonds. The first-order valence-electron chi connectivity index (χ1n) is 11.8. The summed E-state index contributed by atoms with van der Waals surface area (Å²) in [6, 6.07) is 14.2. The fraction of sp³-hybridized carbons (Fsp3) is 0.423. The number of ether oxygens (including phenoxy) is 1. The number of morpholine rings is 1. The number of amides is 1. The predicted molar refractivity (Wildman–Crippen MR) is 137 cm³/mol. The van der Waals surface area contributed by atoms with E-state index in [9.17, 15) is 9.18 Å². The van der Waals surface area contributed by atoms with Crippen molar-refractivity contribution < 1.29 is 13.9 Å². The molecule has 186 valence electrons. The maximum atomic E-state index is 13.5. The lowest BCUT2D eigenvalue weighted by Crippen LogP contribution is -2.38. The summed E-state index contributed by atoms with van der Waals surface area (Å²) in [5, 5.41) is 12.3. The van der Waals surface area contributed by atoms with Gasteiger partial charge in [0, 0.05) is 37.4 Å². The Bertz CT molecular complexity index is 1120. The van der Waals surface area contributed by atoms with Gasteiger partial charge in [-0.3, -0.25) is 9.69 Å². The molecule has 4 rings (SSSR count). The third-order valence-corrected chi connectivity index (χ3v) is 6.90. The molecule has 2 aromatic carbocycles. The molecular weight excluding hydrogens is 465 g/mol. The number of anilines is 1. The van der Waals surface area contributed by atoms with E-state index in [4.69, 9.17) is 4.74 Å². The van der Waals surface area contributed by atoms with Crippen LogP contribution in [0.5, 0.6) is 0 Å². The molecule has 0 spiro atoms. The summed E-state index contributed by atoms with van der Waals surface area (Å²) in [7, 11) is 0. The quantitative estimate of drug-likeness (QED) is 0.464. The molecule has 0 unspecified atom stereocenters. The Morgan fingerprint density at radius 1 is 1.03 bits per heavy atom. The van der Waals surface area contributed by atoms with E-state index in [1.165, 1.54) is 29.5 Å². The van der Waals surface area contributed by atoms with Crippen LogP contribution in [0.2, 0.25) is 0 Å². The molecule has 1 aliphatic heterocycles. The number of aromatic nitrogens is 3. The highest BCUT2D eigenvalue weighted by Crippen LogP contribution is 2.26. The Labute approximate surface area is 210 Å². The van der Waals surface area contributed by atoms with Gasteiger partial charge in [-0.25, -0.2) is 4.39 Å². The molecular formula is C26H32FN5O2S. The first kappa shape index (κ1) is 25.3. The molecule has 35 heavy (non-hydrogen) atoms. The van der Waals surface area contributed by atoms with Gasteiger partial charge in [-0.15, -0.1) is 10.2 Å². The van der Waals surface area contributed by atoms with E-state index in [1.54, 1.807) is 12.1 Å². The lowest BCUT2D eigenvalue weighted by molar-refractivity contribution is -0.113. The van der Waals surface area contributed by atoms with Crippen molar-refractivity contribution in [2.45, 2.75) is 37.9 Å². The summed E-state index contributed by atoms with van der Waals surface area (Å²) in [5.74, 6) is 0.471. The zero-order valence-corrected chi connectivity index (χ0v) is 21.3.